The topological polar surface area (TPSA) is 99.0 Å². The van der Waals surface area contributed by atoms with E-state index in [-0.39, 0.29) is 0 Å². The molecule has 0 amide bonds. The number of allylic oxidation sites excluding steroid dienone is 3. The average molecular weight is 437 g/mol. The number of hydrogen-bond donors (Lipinski definition) is 2. The van der Waals surface area contributed by atoms with Crippen LogP contribution in [-0.4, -0.2) is 63.3 Å². The second kappa shape index (κ2) is 8.94. The largest absolute Gasteiger partial charge is 0.463 e. The Morgan fingerprint density at radius 1 is 1.13 bits per heavy atom. The molecule has 1 fully saturated rings. The van der Waals surface area contributed by atoms with Crippen LogP contribution in [0.5, 0.6) is 0 Å². The van der Waals surface area contributed by atoms with Gasteiger partial charge in [-0.2, -0.15) is 20.1 Å². The number of aromatic amines is 1. The minimum atomic E-state index is 0.476. The molecule has 31 heavy (non-hydrogen) atoms. The van der Waals surface area contributed by atoms with Crippen LogP contribution in [0.2, 0.25) is 0 Å². The van der Waals surface area contributed by atoms with Crippen molar-refractivity contribution in [1.29, 1.82) is 0 Å². The van der Waals surface area contributed by atoms with Crippen LogP contribution in [0.25, 0.3) is 11.5 Å². The van der Waals surface area contributed by atoms with Crippen molar-refractivity contribution in [2.75, 3.05) is 43.4 Å². The number of aromatic nitrogens is 5. The Morgan fingerprint density at radius 3 is 2.81 bits per heavy atom. The number of hydrogen-bond acceptors (Lipinski definition) is 9. The van der Waals surface area contributed by atoms with E-state index in [4.69, 9.17) is 9.40 Å². The van der Waals surface area contributed by atoms with Crippen molar-refractivity contribution in [2.24, 2.45) is 0 Å². The van der Waals surface area contributed by atoms with Gasteiger partial charge in [0.1, 0.15) is 5.69 Å². The molecule has 0 aromatic carbocycles. The van der Waals surface area contributed by atoms with Crippen LogP contribution in [-0.2, 0) is 0 Å². The number of anilines is 3. The zero-order valence-corrected chi connectivity index (χ0v) is 18.1. The number of likely N-dealkylation sites (N-methyl/N-ethyl adjacent to an activating group) is 1. The first-order chi connectivity index (χ1) is 15.2. The SMILES string of the molecule is CN1CCN(c2nc(Nc3cc(-c4ccco4)[nH]n3)nc(SC3=CCCC=C3)n2)CC1. The lowest BCUT2D eigenvalue weighted by Crippen LogP contribution is -2.45. The Morgan fingerprint density at radius 2 is 2.03 bits per heavy atom. The molecular formula is C21H24N8OS. The lowest BCUT2D eigenvalue weighted by atomic mass is 10.2. The predicted octanol–water partition coefficient (Wildman–Crippen LogP) is 3.68. The van der Waals surface area contributed by atoms with Gasteiger partial charge in [0.15, 0.2) is 16.7 Å². The summed E-state index contributed by atoms with van der Waals surface area (Å²) in [5, 5.41) is 11.2. The Kier molecular flexibility index (Phi) is 5.72. The van der Waals surface area contributed by atoms with Gasteiger partial charge >= 0.3 is 0 Å². The first-order valence-corrected chi connectivity index (χ1v) is 11.1. The number of furan rings is 1. The standard InChI is InChI=1S/C21H24N8OS/c1-28-9-11-29(12-10-28)20-23-19(24-21(25-20)31-15-6-3-2-4-7-15)22-18-14-16(26-27-18)17-8-5-13-30-17/h3,5-8,13-14H,2,4,9-12H2,1H3,(H2,22,23,24,25,26,27). The van der Waals surface area contributed by atoms with Crippen LogP contribution in [0.1, 0.15) is 12.8 Å². The molecule has 2 N–H and O–H groups in total. The molecule has 4 heterocycles. The molecule has 3 aromatic heterocycles. The van der Waals surface area contributed by atoms with Gasteiger partial charge in [-0.05, 0) is 43.8 Å². The molecule has 9 nitrogen and oxygen atoms in total. The van der Waals surface area contributed by atoms with E-state index >= 15 is 0 Å². The molecule has 3 aromatic rings. The zero-order valence-electron chi connectivity index (χ0n) is 17.3. The summed E-state index contributed by atoms with van der Waals surface area (Å²) >= 11 is 1.56. The summed E-state index contributed by atoms with van der Waals surface area (Å²) in [5.74, 6) is 2.51. The number of rotatable bonds is 6. The van der Waals surface area contributed by atoms with Gasteiger partial charge in [-0.15, -0.1) is 0 Å². The molecule has 0 saturated carbocycles. The number of nitrogens with zero attached hydrogens (tertiary/aromatic N) is 6. The number of nitrogens with one attached hydrogen (secondary N) is 2. The van der Waals surface area contributed by atoms with Crippen molar-refractivity contribution in [1.82, 2.24) is 30.0 Å². The highest BCUT2D eigenvalue weighted by molar-refractivity contribution is 8.03. The van der Waals surface area contributed by atoms with Crippen molar-refractivity contribution in [3.63, 3.8) is 0 Å². The van der Waals surface area contributed by atoms with Gasteiger partial charge in [-0.25, -0.2) is 0 Å². The summed E-state index contributed by atoms with van der Waals surface area (Å²) in [6, 6.07) is 5.60. The Bertz CT molecular complexity index is 1080. The predicted molar refractivity (Wildman–Crippen MR) is 121 cm³/mol. The lowest BCUT2D eigenvalue weighted by Gasteiger charge is -2.32. The smallest absolute Gasteiger partial charge is 0.234 e. The summed E-state index contributed by atoms with van der Waals surface area (Å²) in [4.78, 5) is 19.8. The highest BCUT2D eigenvalue weighted by atomic mass is 32.2. The molecule has 5 rings (SSSR count). The Hall–Kier alpha value is -3.11. The molecule has 160 valence electrons. The quantitative estimate of drug-likeness (QED) is 0.599. The van der Waals surface area contributed by atoms with Gasteiger partial charge in [-0.1, -0.05) is 18.2 Å². The number of thioether (sulfide) groups is 1. The molecule has 1 aliphatic carbocycles. The molecular weight excluding hydrogens is 412 g/mol. The fourth-order valence-corrected chi connectivity index (χ4v) is 4.26. The minimum absolute atomic E-state index is 0.476. The first-order valence-electron chi connectivity index (χ1n) is 10.3. The summed E-state index contributed by atoms with van der Waals surface area (Å²) in [6.45, 7) is 3.74. The van der Waals surface area contributed by atoms with E-state index < -0.39 is 0 Å². The number of piperazine rings is 1. The van der Waals surface area contributed by atoms with Gasteiger partial charge in [0.25, 0.3) is 0 Å². The summed E-state index contributed by atoms with van der Waals surface area (Å²) in [7, 11) is 2.13. The third-order valence-corrected chi connectivity index (χ3v) is 6.07. The van der Waals surface area contributed by atoms with Gasteiger partial charge in [0.05, 0.1) is 6.26 Å². The second-order valence-electron chi connectivity index (χ2n) is 7.49. The molecule has 0 unspecified atom stereocenters. The van der Waals surface area contributed by atoms with Crippen molar-refractivity contribution in [2.45, 2.75) is 18.0 Å². The van der Waals surface area contributed by atoms with Crippen molar-refractivity contribution < 1.29 is 4.42 Å². The third kappa shape index (κ3) is 4.80. The lowest BCUT2D eigenvalue weighted by molar-refractivity contribution is 0.311. The van der Waals surface area contributed by atoms with Crippen LogP contribution < -0.4 is 10.2 Å². The van der Waals surface area contributed by atoms with E-state index in [1.807, 2.05) is 18.2 Å². The van der Waals surface area contributed by atoms with E-state index in [1.165, 1.54) is 0 Å². The average Bonchev–Trinajstić information content (AvgIpc) is 3.47. The Balaban J connectivity index is 1.41. The zero-order chi connectivity index (χ0) is 21.0. The van der Waals surface area contributed by atoms with E-state index in [9.17, 15) is 0 Å². The maximum Gasteiger partial charge on any atom is 0.234 e. The van der Waals surface area contributed by atoms with E-state index in [2.05, 4.69) is 60.6 Å². The van der Waals surface area contributed by atoms with Gasteiger partial charge < -0.3 is 19.5 Å². The molecule has 0 radical (unpaired) electrons. The second-order valence-corrected chi connectivity index (χ2v) is 8.53. The van der Waals surface area contributed by atoms with Crippen molar-refractivity contribution in [3.8, 4) is 11.5 Å². The third-order valence-electron chi connectivity index (χ3n) is 5.16. The summed E-state index contributed by atoms with van der Waals surface area (Å²) in [5.41, 5.74) is 0.785. The highest BCUT2D eigenvalue weighted by Gasteiger charge is 2.19. The van der Waals surface area contributed by atoms with E-state index in [0.717, 1.165) is 55.4 Å². The first kappa shape index (κ1) is 19.8. The summed E-state index contributed by atoms with van der Waals surface area (Å²) in [6.07, 6.45) is 10.3. The van der Waals surface area contributed by atoms with Crippen molar-refractivity contribution in [3.05, 3.63) is 47.6 Å². The van der Waals surface area contributed by atoms with Crippen LogP contribution in [0, 0.1) is 0 Å². The highest BCUT2D eigenvalue weighted by Crippen LogP contribution is 2.30. The van der Waals surface area contributed by atoms with Crippen molar-refractivity contribution >= 4 is 29.5 Å². The summed E-state index contributed by atoms with van der Waals surface area (Å²) < 4.78 is 5.43. The van der Waals surface area contributed by atoms with Crippen LogP contribution in [0.4, 0.5) is 17.7 Å². The molecule has 1 aliphatic heterocycles. The maximum atomic E-state index is 5.43. The van der Waals surface area contributed by atoms with E-state index in [1.54, 1.807) is 18.0 Å². The van der Waals surface area contributed by atoms with Gasteiger partial charge in [0.2, 0.25) is 11.9 Å². The number of H-pyrrole nitrogens is 1. The molecule has 1 saturated heterocycles. The van der Waals surface area contributed by atoms with Gasteiger partial charge in [-0.3, -0.25) is 5.10 Å². The Labute approximate surface area is 184 Å². The monoisotopic (exact) mass is 436 g/mol. The normalized spacial score (nSPS) is 17.1. The molecule has 2 aliphatic rings. The molecule has 10 heteroatoms. The minimum Gasteiger partial charge on any atom is -0.463 e. The van der Waals surface area contributed by atoms with Crippen LogP contribution >= 0.6 is 11.8 Å². The molecule has 0 atom stereocenters. The molecule has 0 spiro atoms. The van der Waals surface area contributed by atoms with Gasteiger partial charge in [0, 0.05) is 37.2 Å². The fourth-order valence-electron chi connectivity index (χ4n) is 3.42. The fraction of sp³-hybridized carbons (Fsp3) is 0.333. The van der Waals surface area contributed by atoms with Crippen LogP contribution in [0.15, 0.2) is 57.2 Å². The maximum absolute atomic E-state index is 5.43. The van der Waals surface area contributed by atoms with Crippen LogP contribution in [0.3, 0.4) is 0 Å². The molecule has 0 bridgehead atoms. The van der Waals surface area contributed by atoms with E-state index in [0.29, 0.717) is 22.9 Å².